The monoisotopic (exact) mass is 406 g/mol. The van der Waals surface area contributed by atoms with E-state index in [1.54, 1.807) is 0 Å². The van der Waals surface area contributed by atoms with Gasteiger partial charge in [0.15, 0.2) is 0 Å². The topological polar surface area (TPSA) is 46.2 Å². The first kappa shape index (κ1) is 22.2. The number of hydrogen-bond acceptors (Lipinski definition) is 5. The van der Waals surface area contributed by atoms with Crippen LogP contribution in [0.4, 0.5) is 0 Å². The van der Waals surface area contributed by atoms with E-state index < -0.39 is 42.8 Å². The second-order valence-corrected chi connectivity index (χ2v) is 25.6. The SMILES string of the molecule is C[Si]1(C)O[Si](C)(C)O[Si](C)(C)O[Si](C)(C)O[Si](C)(C)O1.Cl. The lowest BCUT2D eigenvalue weighted by Gasteiger charge is -2.46. The van der Waals surface area contributed by atoms with Crippen molar-refractivity contribution in [3.05, 3.63) is 0 Å². The van der Waals surface area contributed by atoms with Gasteiger partial charge in [0.2, 0.25) is 0 Å². The van der Waals surface area contributed by atoms with E-state index in [4.69, 9.17) is 20.6 Å². The van der Waals surface area contributed by atoms with Crippen LogP contribution < -0.4 is 0 Å². The molecule has 0 aliphatic carbocycles. The number of halogens is 1. The van der Waals surface area contributed by atoms with Crippen LogP contribution in [0.5, 0.6) is 0 Å². The summed E-state index contributed by atoms with van der Waals surface area (Å²) in [5, 5.41) is 0. The summed E-state index contributed by atoms with van der Waals surface area (Å²) in [6, 6.07) is 0. The highest BCUT2D eigenvalue weighted by Crippen LogP contribution is 2.30. The molecular weight excluding hydrogens is 376 g/mol. The molecule has 0 N–H and O–H groups in total. The van der Waals surface area contributed by atoms with Crippen LogP contribution in [-0.4, -0.2) is 42.8 Å². The zero-order valence-corrected chi connectivity index (χ0v) is 20.8. The maximum absolute atomic E-state index is 6.30. The lowest BCUT2D eigenvalue weighted by Crippen LogP contribution is -2.64. The van der Waals surface area contributed by atoms with Crippen LogP contribution in [0.1, 0.15) is 0 Å². The predicted octanol–water partition coefficient (Wildman–Crippen LogP) is 4.01. The summed E-state index contributed by atoms with van der Waals surface area (Å²) in [5.74, 6) is 0. The van der Waals surface area contributed by atoms with Gasteiger partial charge in [-0.3, -0.25) is 0 Å². The predicted molar refractivity (Wildman–Crippen MR) is 100 cm³/mol. The maximum atomic E-state index is 6.30. The minimum Gasteiger partial charge on any atom is -0.416 e. The molecule has 128 valence electrons. The van der Waals surface area contributed by atoms with Gasteiger partial charge in [-0.25, -0.2) is 0 Å². The van der Waals surface area contributed by atoms with Gasteiger partial charge in [0.1, 0.15) is 0 Å². The molecule has 0 radical (unpaired) electrons. The van der Waals surface area contributed by atoms with Gasteiger partial charge in [0.25, 0.3) is 0 Å². The molecular formula is C10H31ClO5Si5. The van der Waals surface area contributed by atoms with Gasteiger partial charge in [0.05, 0.1) is 0 Å². The van der Waals surface area contributed by atoms with Crippen molar-refractivity contribution >= 4 is 55.2 Å². The van der Waals surface area contributed by atoms with Gasteiger partial charge < -0.3 is 20.6 Å². The minimum atomic E-state index is -2.26. The average Bonchev–Trinajstić information content (AvgIpc) is 1.84. The first-order chi connectivity index (χ1) is 8.54. The Kier molecular flexibility index (Phi) is 6.95. The van der Waals surface area contributed by atoms with E-state index in [9.17, 15) is 0 Å². The van der Waals surface area contributed by atoms with E-state index >= 15 is 0 Å². The highest BCUT2D eigenvalue weighted by atomic mass is 35.5. The van der Waals surface area contributed by atoms with Crippen molar-refractivity contribution in [3.8, 4) is 0 Å². The molecule has 1 heterocycles. The van der Waals surface area contributed by atoms with Gasteiger partial charge in [-0.2, -0.15) is 0 Å². The molecule has 1 aliphatic heterocycles. The van der Waals surface area contributed by atoms with Gasteiger partial charge in [-0.05, 0) is 65.5 Å². The fourth-order valence-corrected chi connectivity index (χ4v) is 29.4. The molecule has 0 saturated carbocycles. The smallest absolute Gasteiger partial charge is 0.314 e. The Hall–Kier alpha value is 1.17. The third kappa shape index (κ3) is 8.01. The second-order valence-electron chi connectivity index (χ2n) is 7.51. The summed E-state index contributed by atoms with van der Waals surface area (Å²) in [5.41, 5.74) is 0. The standard InChI is InChI=1S/C10H30O5Si5.ClH/c1-16(2)11-17(3,4)13-19(7,8)15-20(9,10)14-18(5,6)12-16;/h1-10H3;1H. The minimum absolute atomic E-state index is 0. The normalized spacial score (nSPS) is 30.0. The van der Waals surface area contributed by atoms with E-state index in [1.807, 2.05) is 0 Å². The van der Waals surface area contributed by atoms with Crippen LogP contribution in [0.15, 0.2) is 0 Å². The van der Waals surface area contributed by atoms with Crippen molar-refractivity contribution in [2.24, 2.45) is 0 Å². The maximum Gasteiger partial charge on any atom is 0.314 e. The Morgan fingerprint density at radius 2 is 0.429 bits per heavy atom. The third-order valence-corrected chi connectivity index (χ3v) is 22.1. The summed E-state index contributed by atoms with van der Waals surface area (Å²) in [7, 11) is -11.3. The van der Waals surface area contributed by atoms with Crippen molar-refractivity contribution in [2.75, 3.05) is 0 Å². The molecule has 0 amide bonds. The fourth-order valence-electron chi connectivity index (χ4n) is 3.06. The molecule has 5 nitrogen and oxygen atoms in total. The molecule has 0 spiro atoms. The van der Waals surface area contributed by atoms with Crippen LogP contribution in [0.3, 0.4) is 0 Å². The fraction of sp³-hybridized carbons (Fsp3) is 1.00. The van der Waals surface area contributed by atoms with Gasteiger partial charge in [0, 0.05) is 0 Å². The zero-order valence-electron chi connectivity index (χ0n) is 14.9. The second kappa shape index (κ2) is 6.59. The zero-order chi connectivity index (χ0) is 16.0. The molecule has 0 aromatic rings. The van der Waals surface area contributed by atoms with E-state index in [2.05, 4.69) is 65.5 Å². The van der Waals surface area contributed by atoms with E-state index in [1.165, 1.54) is 0 Å². The largest absolute Gasteiger partial charge is 0.416 e. The lowest BCUT2D eigenvalue weighted by molar-refractivity contribution is 0.239. The summed E-state index contributed by atoms with van der Waals surface area (Å²) < 4.78 is 31.5. The Morgan fingerprint density at radius 1 is 0.333 bits per heavy atom. The molecule has 0 bridgehead atoms. The lowest BCUT2D eigenvalue weighted by atomic mass is 11.9. The first-order valence-corrected chi connectivity index (χ1v) is 21.1. The molecule has 1 aliphatic rings. The van der Waals surface area contributed by atoms with Crippen LogP contribution in [-0.2, 0) is 20.6 Å². The molecule has 0 unspecified atom stereocenters. The van der Waals surface area contributed by atoms with Crippen molar-refractivity contribution in [3.63, 3.8) is 0 Å². The van der Waals surface area contributed by atoms with Crippen LogP contribution in [0.25, 0.3) is 0 Å². The van der Waals surface area contributed by atoms with Gasteiger partial charge >= 0.3 is 42.8 Å². The third-order valence-electron chi connectivity index (χ3n) is 2.46. The molecule has 21 heavy (non-hydrogen) atoms. The van der Waals surface area contributed by atoms with E-state index in [0.29, 0.717) is 0 Å². The van der Waals surface area contributed by atoms with Gasteiger partial charge in [-0.1, -0.05) is 0 Å². The molecule has 1 rings (SSSR count). The average molecular weight is 407 g/mol. The van der Waals surface area contributed by atoms with Gasteiger partial charge in [-0.15, -0.1) is 12.4 Å². The Bertz CT molecular complexity index is 274. The van der Waals surface area contributed by atoms with E-state index in [-0.39, 0.29) is 12.4 Å². The van der Waals surface area contributed by atoms with Crippen LogP contribution in [0.2, 0.25) is 65.5 Å². The van der Waals surface area contributed by atoms with Crippen LogP contribution in [0, 0.1) is 0 Å². The molecule has 0 aromatic heterocycles. The summed E-state index contributed by atoms with van der Waals surface area (Å²) in [6.07, 6.45) is 0. The molecule has 0 atom stereocenters. The molecule has 1 saturated heterocycles. The van der Waals surface area contributed by atoms with Crippen molar-refractivity contribution in [1.82, 2.24) is 0 Å². The highest BCUT2D eigenvalue weighted by molar-refractivity contribution is 6.92. The Morgan fingerprint density at radius 3 is 0.524 bits per heavy atom. The quantitative estimate of drug-likeness (QED) is 0.568. The van der Waals surface area contributed by atoms with Crippen molar-refractivity contribution < 1.29 is 20.6 Å². The highest BCUT2D eigenvalue weighted by Gasteiger charge is 2.50. The molecule has 11 heteroatoms. The summed E-state index contributed by atoms with van der Waals surface area (Å²) in [6.45, 7) is 20.8. The number of hydrogen-bond donors (Lipinski definition) is 0. The first-order valence-electron chi connectivity index (χ1n) is 7.04. The Labute approximate surface area is 141 Å². The molecule has 0 aromatic carbocycles. The van der Waals surface area contributed by atoms with Crippen LogP contribution >= 0.6 is 12.4 Å². The Balaban J connectivity index is 0.00000400. The summed E-state index contributed by atoms with van der Waals surface area (Å²) >= 11 is 0. The van der Waals surface area contributed by atoms with Crippen molar-refractivity contribution in [2.45, 2.75) is 65.5 Å². The van der Waals surface area contributed by atoms with E-state index in [0.717, 1.165) is 0 Å². The summed E-state index contributed by atoms with van der Waals surface area (Å²) in [4.78, 5) is 0. The number of rotatable bonds is 0. The van der Waals surface area contributed by atoms with Crippen molar-refractivity contribution in [1.29, 1.82) is 0 Å². The molecule has 1 fully saturated rings.